The first-order valence-electron chi connectivity index (χ1n) is 12.6. The summed E-state index contributed by atoms with van der Waals surface area (Å²) in [7, 11) is 0. The lowest BCUT2D eigenvalue weighted by Crippen LogP contribution is -2.52. The molecule has 1 aromatic heterocycles. The van der Waals surface area contributed by atoms with Crippen LogP contribution in [0.5, 0.6) is 0 Å². The summed E-state index contributed by atoms with van der Waals surface area (Å²) in [5.41, 5.74) is 0.543. The minimum atomic E-state index is -0.859. The third-order valence-corrected chi connectivity index (χ3v) is 6.74. The molecule has 2 N–H and O–H groups in total. The van der Waals surface area contributed by atoms with E-state index < -0.39 is 23.5 Å². The van der Waals surface area contributed by atoms with Crippen molar-refractivity contribution in [1.29, 1.82) is 0 Å². The van der Waals surface area contributed by atoms with Gasteiger partial charge in [0.2, 0.25) is 11.7 Å². The van der Waals surface area contributed by atoms with Crippen LogP contribution >= 0.6 is 0 Å². The third-order valence-electron chi connectivity index (χ3n) is 6.74. The Morgan fingerprint density at radius 2 is 1.80 bits per heavy atom. The highest BCUT2D eigenvalue weighted by atomic mass is 16.4. The summed E-state index contributed by atoms with van der Waals surface area (Å²) in [6.45, 7) is 4.36. The van der Waals surface area contributed by atoms with E-state index in [0.717, 1.165) is 25.7 Å². The summed E-state index contributed by atoms with van der Waals surface area (Å²) in [6.07, 6.45) is 5.58. The standard InChI is InChI=1S/C26H34N4O5/c1-16(2)14-21(22(31)25-29-30(26(34)35-25)15-17-12-13-17)28-24(33)19-10-6-7-11-20(19)27-23(32)18-8-4-3-5-9-18/h3-5,8-9,16-17,19-21H,6-7,10-15H2,1-2H3,(H,27,32)(H,28,33)/t19-,20+,21+/m1/s1. The second-order valence-corrected chi connectivity index (χ2v) is 10.2. The van der Waals surface area contributed by atoms with E-state index >= 15 is 0 Å². The van der Waals surface area contributed by atoms with Gasteiger partial charge in [-0.15, -0.1) is 5.10 Å². The van der Waals surface area contributed by atoms with Gasteiger partial charge in [-0.2, -0.15) is 4.68 Å². The molecule has 2 amide bonds. The number of ketones is 1. The number of carbonyl (C=O) groups is 3. The molecule has 0 unspecified atom stereocenters. The largest absolute Gasteiger partial charge is 0.437 e. The van der Waals surface area contributed by atoms with Gasteiger partial charge >= 0.3 is 5.76 Å². The maximum Gasteiger partial charge on any atom is 0.437 e. The van der Waals surface area contributed by atoms with E-state index in [1.54, 1.807) is 24.3 Å². The fraction of sp³-hybridized carbons (Fsp3) is 0.577. The van der Waals surface area contributed by atoms with E-state index in [1.807, 2.05) is 19.9 Å². The molecule has 0 radical (unpaired) electrons. The molecule has 9 heteroatoms. The molecule has 2 aromatic rings. The SMILES string of the molecule is CC(C)C[C@H](NC(=O)[C@@H]1CCCC[C@@H]1NC(=O)c1ccccc1)C(=O)c1nn(CC2CC2)c(=O)o1. The van der Waals surface area contributed by atoms with Crippen LogP contribution in [0, 0.1) is 17.8 Å². The molecule has 188 valence electrons. The Morgan fingerprint density at radius 1 is 1.09 bits per heavy atom. The van der Waals surface area contributed by atoms with Crippen LogP contribution in [0.15, 0.2) is 39.5 Å². The van der Waals surface area contributed by atoms with Crippen LogP contribution in [0.1, 0.15) is 79.8 Å². The molecule has 1 aromatic carbocycles. The highest BCUT2D eigenvalue weighted by molar-refractivity contribution is 5.99. The first kappa shape index (κ1) is 24.9. The summed E-state index contributed by atoms with van der Waals surface area (Å²) in [4.78, 5) is 51.4. The van der Waals surface area contributed by atoms with Gasteiger partial charge in [-0.05, 0) is 56.1 Å². The van der Waals surface area contributed by atoms with Gasteiger partial charge < -0.3 is 15.1 Å². The van der Waals surface area contributed by atoms with Crippen LogP contribution in [0.25, 0.3) is 0 Å². The molecule has 0 bridgehead atoms. The smallest absolute Gasteiger partial charge is 0.384 e. The number of amides is 2. The number of benzene rings is 1. The van der Waals surface area contributed by atoms with E-state index in [-0.39, 0.29) is 29.7 Å². The Labute approximate surface area is 204 Å². The third kappa shape index (κ3) is 6.46. The maximum atomic E-state index is 13.3. The van der Waals surface area contributed by atoms with E-state index in [4.69, 9.17) is 4.42 Å². The number of carbonyl (C=O) groups excluding carboxylic acids is 3. The lowest BCUT2D eigenvalue weighted by molar-refractivity contribution is -0.127. The molecular formula is C26H34N4O5. The van der Waals surface area contributed by atoms with Gasteiger partial charge in [0.25, 0.3) is 11.8 Å². The molecule has 2 aliphatic carbocycles. The van der Waals surface area contributed by atoms with Crippen LogP contribution in [-0.2, 0) is 11.3 Å². The van der Waals surface area contributed by atoms with E-state index in [2.05, 4.69) is 15.7 Å². The average Bonchev–Trinajstić information content (AvgIpc) is 3.59. The predicted octanol–water partition coefficient (Wildman–Crippen LogP) is 2.95. The van der Waals surface area contributed by atoms with Crippen molar-refractivity contribution in [2.75, 3.05) is 0 Å². The minimum Gasteiger partial charge on any atom is -0.384 e. The zero-order valence-corrected chi connectivity index (χ0v) is 20.4. The molecule has 1 heterocycles. The molecule has 2 aliphatic rings. The summed E-state index contributed by atoms with van der Waals surface area (Å²) < 4.78 is 6.36. The molecule has 0 saturated heterocycles. The van der Waals surface area contributed by atoms with Crippen molar-refractivity contribution in [2.24, 2.45) is 17.8 Å². The Balaban J connectivity index is 1.46. The second kappa shape index (κ2) is 11.0. The number of nitrogens with one attached hydrogen (secondary N) is 2. The lowest BCUT2D eigenvalue weighted by atomic mass is 9.83. The van der Waals surface area contributed by atoms with Crippen LogP contribution < -0.4 is 16.4 Å². The highest BCUT2D eigenvalue weighted by Gasteiger charge is 2.36. The summed E-state index contributed by atoms with van der Waals surface area (Å²) in [6, 6.07) is 7.74. The first-order valence-corrected chi connectivity index (χ1v) is 12.6. The summed E-state index contributed by atoms with van der Waals surface area (Å²) >= 11 is 0. The van der Waals surface area contributed by atoms with Crippen molar-refractivity contribution < 1.29 is 18.8 Å². The van der Waals surface area contributed by atoms with Crippen molar-refractivity contribution in [1.82, 2.24) is 20.4 Å². The predicted molar refractivity (Wildman–Crippen MR) is 129 cm³/mol. The van der Waals surface area contributed by atoms with E-state index in [0.29, 0.717) is 37.3 Å². The Kier molecular flexibility index (Phi) is 7.83. The summed E-state index contributed by atoms with van der Waals surface area (Å²) in [5, 5.41) is 10.0. The molecular weight excluding hydrogens is 448 g/mol. The van der Waals surface area contributed by atoms with Gasteiger partial charge in [-0.1, -0.05) is 44.9 Å². The lowest BCUT2D eigenvalue weighted by Gasteiger charge is -2.32. The number of nitrogens with zero attached hydrogens (tertiary/aromatic N) is 2. The Bertz CT molecular complexity index is 1100. The van der Waals surface area contributed by atoms with Crippen LogP contribution in [0.3, 0.4) is 0 Å². The quantitative estimate of drug-likeness (QED) is 0.502. The van der Waals surface area contributed by atoms with Gasteiger partial charge in [0.15, 0.2) is 0 Å². The fourth-order valence-corrected chi connectivity index (χ4v) is 4.66. The monoisotopic (exact) mass is 482 g/mol. The molecule has 4 rings (SSSR count). The van der Waals surface area contributed by atoms with Gasteiger partial charge in [0.05, 0.1) is 18.5 Å². The molecule has 9 nitrogen and oxygen atoms in total. The van der Waals surface area contributed by atoms with E-state index in [9.17, 15) is 19.2 Å². The molecule has 2 saturated carbocycles. The first-order chi connectivity index (χ1) is 16.8. The van der Waals surface area contributed by atoms with Gasteiger partial charge in [-0.25, -0.2) is 4.79 Å². The number of Topliss-reactive ketones (excluding diaryl/α,β-unsaturated/α-hetero) is 1. The molecule has 35 heavy (non-hydrogen) atoms. The van der Waals surface area contributed by atoms with Crippen LogP contribution in [0.2, 0.25) is 0 Å². The highest BCUT2D eigenvalue weighted by Crippen LogP contribution is 2.30. The zero-order valence-electron chi connectivity index (χ0n) is 20.4. The zero-order chi connectivity index (χ0) is 24.9. The minimum absolute atomic E-state index is 0.115. The van der Waals surface area contributed by atoms with E-state index in [1.165, 1.54) is 4.68 Å². The molecule has 2 fully saturated rings. The van der Waals surface area contributed by atoms with Crippen molar-refractivity contribution in [3.05, 3.63) is 52.3 Å². The maximum absolute atomic E-state index is 13.3. The number of hydrogen-bond donors (Lipinski definition) is 2. The Hall–Kier alpha value is -3.23. The van der Waals surface area contributed by atoms with Crippen molar-refractivity contribution in [2.45, 2.75) is 77.4 Å². The molecule has 0 aliphatic heterocycles. The van der Waals surface area contributed by atoms with Gasteiger partial charge in [-0.3, -0.25) is 14.4 Å². The van der Waals surface area contributed by atoms with Crippen molar-refractivity contribution in [3.63, 3.8) is 0 Å². The Morgan fingerprint density at radius 3 is 2.49 bits per heavy atom. The molecule has 3 atom stereocenters. The van der Waals surface area contributed by atoms with Crippen molar-refractivity contribution in [3.8, 4) is 0 Å². The summed E-state index contributed by atoms with van der Waals surface area (Å²) in [5.74, 6) is -1.83. The number of hydrogen-bond acceptors (Lipinski definition) is 6. The van der Waals surface area contributed by atoms with Crippen LogP contribution in [0.4, 0.5) is 0 Å². The fourth-order valence-electron chi connectivity index (χ4n) is 4.66. The normalized spacial score (nSPS) is 20.9. The average molecular weight is 483 g/mol. The number of aromatic nitrogens is 2. The molecule has 0 spiro atoms. The van der Waals surface area contributed by atoms with Gasteiger partial charge in [0, 0.05) is 11.6 Å². The topological polar surface area (TPSA) is 123 Å². The van der Waals surface area contributed by atoms with Gasteiger partial charge in [0.1, 0.15) is 0 Å². The van der Waals surface area contributed by atoms with Crippen LogP contribution in [-0.4, -0.2) is 39.5 Å². The number of rotatable bonds is 10. The second-order valence-electron chi connectivity index (χ2n) is 10.2. The van der Waals surface area contributed by atoms with Crippen molar-refractivity contribution >= 4 is 17.6 Å².